The second-order valence-corrected chi connectivity index (χ2v) is 11.1. The summed E-state index contributed by atoms with van der Waals surface area (Å²) in [5.74, 6) is 0.905. The van der Waals surface area contributed by atoms with Gasteiger partial charge in [0.25, 0.3) is 0 Å². The topological polar surface area (TPSA) is 99.2 Å². The lowest BCUT2D eigenvalue weighted by atomic mass is 10.0. The van der Waals surface area contributed by atoms with Crippen LogP contribution in [0.1, 0.15) is 29.3 Å². The highest BCUT2D eigenvalue weighted by Gasteiger charge is 2.24. The third-order valence-corrected chi connectivity index (χ3v) is 8.07. The van der Waals surface area contributed by atoms with Crippen molar-refractivity contribution in [1.82, 2.24) is 24.4 Å². The third kappa shape index (κ3) is 3.05. The molecule has 158 valence electrons. The quantitative estimate of drug-likeness (QED) is 0.479. The van der Waals surface area contributed by atoms with Crippen LogP contribution in [0.15, 0.2) is 28.3 Å². The summed E-state index contributed by atoms with van der Waals surface area (Å²) in [5, 5.41) is 9.27. The lowest BCUT2D eigenvalue weighted by Gasteiger charge is -2.12. The monoisotopic (exact) mass is 445 g/mol. The minimum Gasteiger partial charge on any atom is -0.254 e. The van der Waals surface area contributed by atoms with Crippen LogP contribution < -0.4 is 0 Å². The van der Waals surface area contributed by atoms with E-state index >= 15 is 0 Å². The van der Waals surface area contributed by atoms with E-state index in [0.717, 1.165) is 34.2 Å². The summed E-state index contributed by atoms with van der Waals surface area (Å²) in [4.78, 5) is 4.96. The molecule has 10 heteroatoms. The maximum atomic E-state index is 13.1. The molecule has 0 aromatic carbocycles. The molecule has 0 saturated carbocycles. The Bertz CT molecular complexity index is 1470. The molecule has 0 radical (unpaired) electrons. The molecular formula is C20H23N5O3S2. The molecule has 4 rings (SSSR count). The Kier molecular flexibility index (Phi) is 4.81. The minimum absolute atomic E-state index is 0.102. The van der Waals surface area contributed by atoms with Crippen LogP contribution in [0.2, 0.25) is 0 Å². The highest BCUT2D eigenvalue weighted by molar-refractivity contribution is 7.90. The van der Waals surface area contributed by atoms with Crippen LogP contribution in [0.25, 0.3) is 22.4 Å². The van der Waals surface area contributed by atoms with Crippen molar-refractivity contribution < 1.29 is 12.6 Å². The highest BCUT2D eigenvalue weighted by atomic mass is 32.2. The zero-order chi connectivity index (χ0) is 22.0. The summed E-state index contributed by atoms with van der Waals surface area (Å²) in [6.45, 7) is 9.98. The standard InChI is InChI=1S/C20H23N5O3S2/c1-7-29(26)19-18-13(4)11(2)12(3)14(5)25(18)23-20(19)24-10-17-16(22-24)8-15(9-21-17)30(6,27)28/h8-10H,7H2,1-6H3. The van der Waals surface area contributed by atoms with Crippen molar-refractivity contribution in [2.75, 3.05) is 12.0 Å². The Labute approximate surface area is 177 Å². The number of hydrogen-bond donors (Lipinski definition) is 0. The summed E-state index contributed by atoms with van der Waals surface area (Å²) < 4.78 is 40.2. The number of rotatable bonds is 4. The van der Waals surface area contributed by atoms with Crippen LogP contribution in [-0.2, 0) is 20.6 Å². The molecule has 0 amide bonds. The van der Waals surface area contributed by atoms with Gasteiger partial charge >= 0.3 is 0 Å². The van der Waals surface area contributed by atoms with Crippen LogP contribution in [-0.4, -0.2) is 49.0 Å². The molecule has 0 bridgehead atoms. The molecule has 0 aliphatic rings. The van der Waals surface area contributed by atoms with E-state index in [0.29, 0.717) is 27.5 Å². The molecule has 4 aromatic heterocycles. The van der Waals surface area contributed by atoms with Crippen LogP contribution in [0, 0.1) is 27.7 Å². The second kappa shape index (κ2) is 6.98. The molecule has 1 atom stereocenters. The molecule has 0 N–H and O–H groups in total. The Morgan fingerprint density at radius 1 is 1.03 bits per heavy atom. The molecule has 30 heavy (non-hydrogen) atoms. The van der Waals surface area contributed by atoms with Crippen molar-refractivity contribution in [2.24, 2.45) is 0 Å². The Morgan fingerprint density at radius 2 is 1.73 bits per heavy atom. The number of fused-ring (bicyclic) bond motifs is 2. The summed E-state index contributed by atoms with van der Waals surface area (Å²) in [7, 11) is -4.68. The van der Waals surface area contributed by atoms with E-state index in [4.69, 9.17) is 5.10 Å². The van der Waals surface area contributed by atoms with Crippen molar-refractivity contribution in [2.45, 2.75) is 44.4 Å². The van der Waals surface area contributed by atoms with E-state index in [2.05, 4.69) is 17.0 Å². The van der Waals surface area contributed by atoms with Gasteiger partial charge in [0.15, 0.2) is 15.7 Å². The zero-order valence-corrected chi connectivity index (χ0v) is 19.3. The Morgan fingerprint density at radius 3 is 2.37 bits per heavy atom. The van der Waals surface area contributed by atoms with Crippen molar-refractivity contribution in [3.63, 3.8) is 0 Å². The van der Waals surface area contributed by atoms with Crippen LogP contribution >= 0.6 is 0 Å². The molecule has 1 unspecified atom stereocenters. The average molecular weight is 446 g/mol. The molecule has 0 fully saturated rings. The SMILES string of the molecule is CCS(=O)c1c(-n2cc3ncc(S(C)(=O)=O)cc3n2)nn2c(C)c(C)c(C)c(C)c12. The number of sulfone groups is 1. The summed E-state index contributed by atoms with van der Waals surface area (Å²) in [6, 6.07) is 1.49. The Hall–Kier alpha value is -2.59. The highest BCUT2D eigenvalue weighted by Crippen LogP contribution is 2.31. The Balaban J connectivity index is 2.07. The maximum absolute atomic E-state index is 13.1. The van der Waals surface area contributed by atoms with Gasteiger partial charge in [-0.2, -0.15) is 5.10 Å². The first kappa shape index (κ1) is 20.7. The molecule has 4 aromatic rings. The summed E-state index contributed by atoms with van der Waals surface area (Å²) in [6.07, 6.45) is 4.14. The lowest BCUT2D eigenvalue weighted by Crippen LogP contribution is -2.04. The zero-order valence-electron chi connectivity index (χ0n) is 17.7. The van der Waals surface area contributed by atoms with Gasteiger partial charge in [0.2, 0.25) is 0 Å². The number of pyridine rings is 2. The average Bonchev–Trinajstić information content (AvgIpc) is 3.30. The first-order valence-corrected chi connectivity index (χ1v) is 12.7. The molecule has 0 aliphatic heterocycles. The van der Waals surface area contributed by atoms with Crippen LogP contribution in [0.4, 0.5) is 0 Å². The molecular weight excluding hydrogens is 422 g/mol. The number of hydrogen-bond acceptors (Lipinski definition) is 6. The van der Waals surface area contributed by atoms with E-state index < -0.39 is 20.6 Å². The lowest BCUT2D eigenvalue weighted by molar-refractivity contribution is 0.601. The minimum atomic E-state index is -3.40. The van der Waals surface area contributed by atoms with Gasteiger partial charge in [-0.25, -0.2) is 17.6 Å². The van der Waals surface area contributed by atoms with Crippen LogP contribution in [0.3, 0.4) is 0 Å². The normalized spacial score (nSPS) is 13.4. The van der Waals surface area contributed by atoms with Crippen molar-refractivity contribution in [3.05, 3.63) is 40.8 Å². The fraction of sp³-hybridized carbons (Fsp3) is 0.350. The molecule has 0 saturated heterocycles. The van der Waals surface area contributed by atoms with Crippen molar-refractivity contribution in [1.29, 1.82) is 0 Å². The summed E-state index contributed by atoms with van der Waals surface area (Å²) >= 11 is 0. The van der Waals surface area contributed by atoms with Crippen molar-refractivity contribution >= 4 is 37.2 Å². The molecule has 0 spiro atoms. The fourth-order valence-electron chi connectivity index (χ4n) is 3.55. The van der Waals surface area contributed by atoms with E-state index in [1.54, 1.807) is 10.9 Å². The van der Waals surface area contributed by atoms with Crippen molar-refractivity contribution in [3.8, 4) is 5.82 Å². The van der Waals surface area contributed by atoms with Gasteiger partial charge in [-0.05, 0) is 50.5 Å². The largest absolute Gasteiger partial charge is 0.254 e. The van der Waals surface area contributed by atoms with Gasteiger partial charge in [0.05, 0.1) is 27.4 Å². The predicted octanol–water partition coefficient (Wildman–Crippen LogP) is 2.83. The second-order valence-electron chi connectivity index (χ2n) is 7.43. The number of aromatic nitrogens is 5. The van der Waals surface area contributed by atoms with E-state index in [1.165, 1.54) is 12.3 Å². The van der Waals surface area contributed by atoms with Gasteiger partial charge in [-0.15, -0.1) is 5.10 Å². The fourth-order valence-corrected chi connectivity index (χ4v) is 5.21. The van der Waals surface area contributed by atoms with Gasteiger partial charge in [0.1, 0.15) is 15.9 Å². The predicted molar refractivity (Wildman–Crippen MR) is 117 cm³/mol. The maximum Gasteiger partial charge on any atom is 0.192 e. The van der Waals surface area contributed by atoms with E-state index in [1.807, 2.05) is 32.2 Å². The van der Waals surface area contributed by atoms with Gasteiger partial charge in [-0.3, -0.25) is 9.19 Å². The smallest absolute Gasteiger partial charge is 0.192 e. The first-order valence-electron chi connectivity index (χ1n) is 9.48. The van der Waals surface area contributed by atoms with E-state index in [-0.39, 0.29) is 4.90 Å². The number of aryl methyl sites for hydroxylation is 2. The van der Waals surface area contributed by atoms with Gasteiger partial charge < -0.3 is 0 Å². The molecule has 8 nitrogen and oxygen atoms in total. The van der Waals surface area contributed by atoms with E-state index in [9.17, 15) is 12.6 Å². The third-order valence-electron chi connectivity index (χ3n) is 5.63. The first-order chi connectivity index (χ1) is 14.0. The summed E-state index contributed by atoms with van der Waals surface area (Å²) in [5.41, 5.74) is 6.08. The molecule has 0 aliphatic carbocycles. The number of nitrogens with zero attached hydrogens (tertiary/aromatic N) is 5. The molecule has 4 heterocycles. The van der Waals surface area contributed by atoms with Gasteiger partial charge in [0, 0.05) is 23.9 Å². The van der Waals surface area contributed by atoms with Gasteiger partial charge in [-0.1, -0.05) is 6.92 Å². The van der Waals surface area contributed by atoms with Crippen LogP contribution in [0.5, 0.6) is 0 Å².